The number of benzene rings is 2. The molecule has 1 aromatic heterocycles. The van der Waals surface area contributed by atoms with Crippen LogP contribution < -0.4 is 5.43 Å². The van der Waals surface area contributed by atoms with Crippen LogP contribution in [0.2, 0.25) is 0 Å². The van der Waals surface area contributed by atoms with E-state index in [1.807, 2.05) is 36.4 Å². The zero-order valence-corrected chi connectivity index (χ0v) is 14.4. The van der Waals surface area contributed by atoms with Crippen molar-refractivity contribution in [2.24, 2.45) is 5.10 Å². The molecular weight excluding hydrogens is 412 g/mol. The quantitative estimate of drug-likeness (QED) is 0.491. The molecule has 0 aliphatic heterocycles. The highest BCUT2D eigenvalue weighted by Crippen LogP contribution is 2.23. The van der Waals surface area contributed by atoms with Crippen molar-refractivity contribution in [2.45, 2.75) is 0 Å². The van der Waals surface area contributed by atoms with Crippen molar-refractivity contribution in [1.82, 2.24) is 5.43 Å². The number of carbonyl (C=O) groups is 1. The van der Waals surface area contributed by atoms with Crippen molar-refractivity contribution in [3.8, 4) is 0 Å². The van der Waals surface area contributed by atoms with Gasteiger partial charge in [-0.1, -0.05) is 50.1 Å². The van der Waals surface area contributed by atoms with E-state index in [0.717, 1.165) is 19.9 Å². The molecule has 1 heterocycles. The topological polar surface area (TPSA) is 54.6 Å². The third-order valence-corrected chi connectivity index (χ3v) is 4.19. The zero-order valence-electron chi connectivity index (χ0n) is 11.2. The average Bonchev–Trinajstić information content (AvgIpc) is 2.92. The molecular formula is C16H10Br2N2O2. The van der Waals surface area contributed by atoms with E-state index in [4.69, 9.17) is 4.42 Å². The predicted octanol–water partition coefficient (Wildman–Crippen LogP) is 4.72. The number of rotatable bonds is 3. The molecule has 3 aromatic rings. The maximum atomic E-state index is 12.0. The van der Waals surface area contributed by atoms with Crippen LogP contribution in [0.3, 0.4) is 0 Å². The van der Waals surface area contributed by atoms with Crippen LogP contribution in [0.4, 0.5) is 0 Å². The van der Waals surface area contributed by atoms with Gasteiger partial charge in [-0.15, -0.1) is 0 Å². The lowest BCUT2D eigenvalue weighted by atomic mass is 10.2. The van der Waals surface area contributed by atoms with E-state index in [2.05, 4.69) is 42.4 Å². The van der Waals surface area contributed by atoms with Gasteiger partial charge in [-0.3, -0.25) is 4.79 Å². The van der Waals surface area contributed by atoms with Crippen LogP contribution in [-0.2, 0) is 0 Å². The molecule has 2 aromatic carbocycles. The number of nitrogens with zero attached hydrogens (tertiary/aromatic N) is 1. The number of amides is 1. The fourth-order valence-electron chi connectivity index (χ4n) is 1.92. The summed E-state index contributed by atoms with van der Waals surface area (Å²) in [6, 6.07) is 14.8. The van der Waals surface area contributed by atoms with E-state index in [0.29, 0.717) is 5.58 Å². The van der Waals surface area contributed by atoms with Gasteiger partial charge in [-0.2, -0.15) is 5.10 Å². The SMILES string of the molecule is O=C(N/N=C\c1ccccc1Br)c1cc2cc(Br)ccc2o1. The molecule has 0 spiro atoms. The Hall–Kier alpha value is -1.92. The van der Waals surface area contributed by atoms with Gasteiger partial charge in [0.1, 0.15) is 5.58 Å². The van der Waals surface area contributed by atoms with E-state index in [-0.39, 0.29) is 5.76 Å². The molecule has 4 nitrogen and oxygen atoms in total. The highest BCUT2D eigenvalue weighted by Gasteiger charge is 2.11. The highest BCUT2D eigenvalue weighted by molar-refractivity contribution is 9.10. The standard InChI is InChI=1S/C16H10Br2N2O2/c17-12-5-6-14-11(7-12)8-15(22-14)16(21)20-19-9-10-3-1-2-4-13(10)18/h1-9H,(H,20,21)/b19-9-. The van der Waals surface area contributed by atoms with Crippen molar-refractivity contribution in [3.63, 3.8) is 0 Å². The Morgan fingerprint density at radius 2 is 1.95 bits per heavy atom. The number of hydrogen-bond acceptors (Lipinski definition) is 3. The molecule has 0 aliphatic rings. The number of hydrogen-bond donors (Lipinski definition) is 1. The van der Waals surface area contributed by atoms with Gasteiger partial charge in [-0.05, 0) is 30.3 Å². The first-order chi connectivity index (χ1) is 10.6. The summed E-state index contributed by atoms with van der Waals surface area (Å²) in [7, 11) is 0. The number of furan rings is 1. The first-order valence-corrected chi connectivity index (χ1v) is 7.99. The molecule has 110 valence electrons. The second-order valence-electron chi connectivity index (χ2n) is 4.51. The van der Waals surface area contributed by atoms with Crippen molar-refractivity contribution < 1.29 is 9.21 Å². The minimum Gasteiger partial charge on any atom is -0.451 e. The molecule has 0 radical (unpaired) electrons. The summed E-state index contributed by atoms with van der Waals surface area (Å²) in [5, 5.41) is 4.80. The lowest BCUT2D eigenvalue weighted by Crippen LogP contribution is -2.16. The van der Waals surface area contributed by atoms with Gasteiger partial charge in [0.2, 0.25) is 0 Å². The van der Waals surface area contributed by atoms with E-state index < -0.39 is 5.91 Å². The predicted molar refractivity (Wildman–Crippen MR) is 93.1 cm³/mol. The van der Waals surface area contributed by atoms with Gasteiger partial charge in [0.25, 0.3) is 0 Å². The maximum Gasteiger partial charge on any atom is 0.307 e. The number of fused-ring (bicyclic) bond motifs is 1. The van der Waals surface area contributed by atoms with Gasteiger partial charge in [0.05, 0.1) is 6.21 Å². The summed E-state index contributed by atoms with van der Waals surface area (Å²) >= 11 is 6.79. The number of carbonyl (C=O) groups excluding carboxylic acids is 1. The number of nitrogens with one attached hydrogen (secondary N) is 1. The van der Waals surface area contributed by atoms with Crippen LogP contribution in [0.25, 0.3) is 11.0 Å². The Balaban J connectivity index is 1.75. The molecule has 0 unspecified atom stereocenters. The molecule has 0 saturated carbocycles. The third-order valence-electron chi connectivity index (χ3n) is 2.98. The van der Waals surface area contributed by atoms with Crippen LogP contribution in [0.1, 0.15) is 16.1 Å². The minimum absolute atomic E-state index is 0.220. The van der Waals surface area contributed by atoms with Gasteiger partial charge in [0.15, 0.2) is 5.76 Å². The molecule has 22 heavy (non-hydrogen) atoms. The zero-order chi connectivity index (χ0) is 15.5. The first-order valence-electron chi connectivity index (χ1n) is 6.40. The number of hydrazone groups is 1. The van der Waals surface area contributed by atoms with Gasteiger partial charge >= 0.3 is 5.91 Å². The monoisotopic (exact) mass is 420 g/mol. The Morgan fingerprint density at radius 3 is 2.77 bits per heavy atom. The minimum atomic E-state index is -0.393. The molecule has 3 rings (SSSR count). The van der Waals surface area contributed by atoms with E-state index in [9.17, 15) is 4.79 Å². The smallest absolute Gasteiger partial charge is 0.307 e. The molecule has 0 bridgehead atoms. The van der Waals surface area contributed by atoms with Crippen LogP contribution in [0.5, 0.6) is 0 Å². The largest absolute Gasteiger partial charge is 0.451 e. The average molecular weight is 422 g/mol. The lowest BCUT2D eigenvalue weighted by Gasteiger charge is -1.97. The van der Waals surface area contributed by atoms with Gasteiger partial charge in [-0.25, -0.2) is 5.43 Å². The fraction of sp³-hybridized carbons (Fsp3) is 0. The van der Waals surface area contributed by atoms with Crippen molar-refractivity contribution in [3.05, 3.63) is 68.8 Å². The fourth-order valence-corrected chi connectivity index (χ4v) is 2.69. The van der Waals surface area contributed by atoms with Crippen molar-refractivity contribution in [2.75, 3.05) is 0 Å². The van der Waals surface area contributed by atoms with Crippen LogP contribution in [0, 0.1) is 0 Å². The summed E-state index contributed by atoms with van der Waals surface area (Å²) in [4.78, 5) is 12.0. The van der Waals surface area contributed by atoms with Gasteiger partial charge in [0, 0.05) is 19.9 Å². The summed E-state index contributed by atoms with van der Waals surface area (Å²) in [5.41, 5.74) is 3.98. The molecule has 6 heteroatoms. The second kappa shape index (κ2) is 6.46. The van der Waals surface area contributed by atoms with Crippen molar-refractivity contribution in [1.29, 1.82) is 0 Å². The summed E-state index contributed by atoms with van der Waals surface area (Å²) < 4.78 is 7.33. The Labute approximate surface area is 143 Å². The number of halogens is 2. The van der Waals surface area contributed by atoms with Crippen LogP contribution >= 0.6 is 31.9 Å². The Bertz CT molecular complexity index is 871. The summed E-state index contributed by atoms with van der Waals surface area (Å²) in [5.74, 6) is -0.173. The third kappa shape index (κ3) is 3.28. The first kappa shape index (κ1) is 15.0. The van der Waals surface area contributed by atoms with Crippen LogP contribution in [0.15, 0.2) is 67.0 Å². The Kier molecular flexibility index (Phi) is 4.40. The summed E-state index contributed by atoms with van der Waals surface area (Å²) in [6.45, 7) is 0. The summed E-state index contributed by atoms with van der Waals surface area (Å²) in [6.07, 6.45) is 1.57. The molecule has 0 aliphatic carbocycles. The lowest BCUT2D eigenvalue weighted by molar-refractivity contribution is 0.0929. The van der Waals surface area contributed by atoms with E-state index >= 15 is 0 Å². The van der Waals surface area contributed by atoms with E-state index in [1.165, 1.54) is 0 Å². The highest BCUT2D eigenvalue weighted by atomic mass is 79.9. The second-order valence-corrected chi connectivity index (χ2v) is 6.28. The van der Waals surface area contributed by atoms with E-state index in [1.54, 1.807) is 18.3 Å². The maximum absolute atomic E-state index is 12.0. The molecule has 0 atom stereocenters. The Morgan fingerprint density at radius 1 is 1.14 bits per heavy atom. The molecule has 1 amide bonds. The van der Waals surface area contributed by atoms with Crippen LogP contribution in [-0.4, -0.2) is 12.1 Å². The molecule has 1 N–H and O–H groups in total. The molecule has 0 fully saturated rings. The van der Waals surface area contributed by atoms with Crippen molar-refractivity contribution >= 4 is 55.0 Å². The van der Waals surface area contributed by atoms with Gasteiger partial charge < -0.3 is 4.42 Å². The normalized spacial score (nSPS) is 11.2. The molecule has 0 saturated heterocycles.